The molecule has 0 amide bonds. The van der Waals surface area contributed by atoms with Crippen LogP contribution in [0.3, 0.4) is 0 Å². The molecule has 0 radical (unpaired) electrons. The van der Waals surface area contributed by atoms with Gasteiger partial charge in [-0.05, 0) is 21.2 Å². The van der Waals surface area contributed by atoms with Crippen molar-refractivity contribution in [3.8, 4) is 0 Å². The van der Waals surface area contributed by atoms with Gasteiger partial charge in [-0.3, -0.25) is 0 Å². The van der Waals surface area contributed by atoms with Crippen molar-refractivity contribution in [3.05, 3.63) is 136 Å². The summed E-state index contributed by atoms with van der Waals surface area (Å²) >= 11 is 0. The molecule has 4 aromatic rings. The van der Waals surface area contributed by atoms with Crippen molar-refractivity contribution in [1.82, 2.24) is 0 Å². The zero-order valence-corrected chi connectivity index (χ0v) is 22.4. The van der Waals surface area contributed by atoms with Gasteiger partial charge in [0.15, 0.2) is 0 Å². The van der Waals surface area contributed by atoms with Gasteiger partial charge < -0.3 is 14.9 Å². The second kappa shape index (κ2) is 20.3. The molecule has 0 unspecified atom stereocenters. The van der Waals surface area contributed by atoms with Crippen LogP contribution in [0.4, 0.5) is 0 Å². The van der Waals surface area contributed by atoms with Crippen LogP contribution in [0.2, 0.25) is 0 Å². The molecule has 0 aliphatic rings. The van der Waals surface area contributed by atoms with Crippen LogP contribution in [0.25, 0.3) is 0 Å². The van der Waals surface area contributed by atoms with Gasteiger partial charge in [-0.1, -0.05) is 152 Å². The summed E-state index contributed by atoms with van der Waals surface area (Å²) in [5.41, 5.74) is 0. The third-order valence-corrected chi connectivity index (χ3v) is 6.16. The second-order valence-electron chi connectivity index (χ2n) is 5.71. The topological polar surface area (TPSA) is 0 Å². The average Bonchev–Trinajstić information content (AvgIpc) is 2.79. The minimum atomic E-state index is 0. The summed E-state index contributed by atoms with van der Waals surface area (Å²) in [6.07, 6.45) is 0. The maximum Gasteiger partial charge on any atom is 2.00 e. The van der Waals surface area contributed by atoms with E-state index in [0.29, 0.717) is 0 Å². The van der Waals surface area contributed by atoms with Crippen molar-refractivity contribution < 1.29 is 20.4 Å². The molecular weight excluding hydrogens is 505 g/mol. The number of hydrogen-bond acceptors (Lipinski definition) is 0. The first-order chi connectivity index (χ1) is 13.9. The van der Waals surface area contributed by atoms with Crippen molar-refractivity contribution in [2.24, 2.45) is 0 Å². The number of rotatable bonds is 4. The van der Waals surface area contributed by atoms with Gasteiger partial charge >= 0.3 is 20.4 Å². The third kappa shape index (κ3) is 13.4. The summed E-state index contributed by atoms with van der Waals surface area (Å²) in [7, 11) is 1.55. The molecule has 0 spiro atoms. The maximum absolute atomic E-state index is 2.17. The molecule has 166 valence electrons. The summed E-state index contributed by atoms with van der Waals surface area (Å²) in [5, 5.41) is 5.59. The fourth-order valence-corrected chi connectivity index (χ4v) is 4.52. The standard InChI is InChI=1S/2C12H11P.C2H6.2CH3.Pd/c2*1-3-7-11(8-4-1)13-12-9-5-2-6-10-12;1-2;;;/h2*1-10,13H;1-2H3;2*1H3;/q;;;2*-1;+2. The van der Waals surface area contributed by atoms with Crippen LogP contribution in [0, 0.1) is 14.9 Å². The minimum Gasteiger partial charge on any atom is -0.358 e. The molecule has 0 saturated heterocycles. The monoisotopic (exact) mass is 538 g/mol. The summed E-state index contributed by atoms with van der Waals surface area (Å²) in [6, 6.07) is 42.3. The van der Waals surface area contributed by atoms with Crippen molar-refractivity contribution in [3.63, 3.8) is 0 Å². The maximum atomic E-state index is 2.17. The van der Waals surface area contributed by atoms with E-state index in [4.69, 9.17) is 0 Å². The van der Waals surface area contributed by atoms with E-state index in [1.807, 2.05) is 13.8 Å². The fraction of sp³-hybridized carbons (Fsp3) is 0.0714. The molecule has 0 aromatic heterocycles. The first-order valence-corrected chi connectivity index (χ1v) is 11.6. The summed E-state index contributed by atoms with van der Waals surface area (Å²) < 4.78 is 0. The Balaban J connectivity index is 0. The number of benzene rings is 4. The van der Waals surface area contributed by atoms with Gasteiger partial charge in [0, 0.05) is 0 Å². The van der Waals surface area contributed by atoms with Gasteiger partial charge in [0.25, 0.3) is 0 Å². The average molecular weight is 539 g/mol. The molecule has 0 aliphatic heterocycles. The zero-order valence-electron chi connectivity index (χ0n) is 18.9. The van der Waals surface area contributed by atoms with Crippen LogP contribution in [-0.2, 0) is 20.4 Å². The molecule has 4 rings (SSSR count). The molecule has 0 N–H and O–H groups in total. The predicted molar refractivity (Wildman–Crippen MR) is 145 cm³/mol. The SMILES string of the molecule is CC.[CH3-].[CH3-].[Pd+2].c1ccc(Pc2ccccc2)cc1.c1ccc(Pc2ccccc2)cc1. The van der Waals surface area contributed by atoms with Crippen LogP contribution < -0.4 is 21.2 Å². The first-order valence-electron chi connectivity index (χ1n) is 9.64. The zero-order chi connectivity index (χ0) is 19.9. The van der Waals surface area contributed by atoms with Crippen LogP contribution in [0.15, 0.2) is 121 Å². The molecule has 0 bridgehead atoms. The number of hydrogen-bond donors (Lipinski definition) is 0. The molecule has 31 heavy (non-hydrogen) atoms. The Morgan fingerprint density at radius 2 is 0.516 bits per heavy atom. The minimum absolute atomic E-state index is 0. The first kappa shape index (κ1) is 31.6. The fourth-order valence-electron chi connectivity index (χ4n) is 2.42. The van der Waals surface area contributed by atoms with E-state index in [1.54, 1.807) is 0 Å². The van der Waals surface area contributed by atoms with Crippen LogP contribution in [0.5, 0.6) is 0 Å². The molecule has 0 nitrogen and oxygen atoms in total. The van der Waals surface area contributed by atoms with E-state index in [-0.39, 0.29) is 35.3 Å². The summed E-state index contributed by atoms with van der Waals surface area (Å²) in [5.74, 6) is 0. The molecule has 3 heteroatoms. The molecule has 0 aliphatic carbocycles. The van der Waals surface area contributed by atoms with Gasteiger partial charge in [0.05, 0.1) is 0 Å². The Labute approximate surface area is 208 Å². The van der Waals surface area contributed by atoms with Crippen molar-refractivity contribution in [2.75, 3.05) is 0 Å². The Bertz CT molecular complexity index is 716. The van der Waals surface area contributed by atoms with E-state index in [1.165, 1.54) is 21.2 Å². The molecule has 0 saturated carbocycles. The quantitative estimate of drug-likeness (QED) is 0.157. The second-order valence-corrected chi connectivity index (χ2v) is 8.52. The van der Waals surface area contributed by atoms with Gasteiger partial charge in [-0.15, -0.1) is 0 Å². The van der Waals surface area contributed by atoms with Crippen molar-refractivity contribution >= 4 is 38.4 Å². The third-order valence-electron chi connectivity index (χ3n) is 3.67. The predicted octanol–water partition coefficient (Wildman–Crippen LogP) is 6.56. The Morgan fingerprint density at radius 1 is 0.355 bits per heavy atom. The van der Waals surface area contributed by atoms with E-state index in [9.17, 15) is 0 Å². The van der Waals surface area contributed by atoms with E-state index < -0.39 is 0 Å². The van der Waals surface area contributed by atoms with Gasteiger partial charge in [0.2, 0.25) is 0 Å². The van der Waals surface area contributed by atoms with E-state index in [0.717, 1.165) is 17.2 Å². The van der Waals surface area contributed by atoms with Crippen molar-refractivity contribution in [1.29, 1.82) is 0 Å². The van der Waals surface area contributed by atoms with E-state index in [2.05, 4.69) is 121 Å². The Hall–Kier alpha value is -1.60. The Morgan fingerprint density at radius 3 is 0.677 bits per heavy atom. The van der Waals surface area contributed by atoms with Crippen LogP contribution >= 0.6 is 17.2 Å². The summed E-state index contributed by atoms with van der Waals surface area (Å²) in [4.78, 5) is 0. The molecule has 0 heterocycles. The van der Waals surface area contributed by atoms with Crippen molar-refractivity contribution in [2.45, 2.75) is 13.8 Å². The molecule has 0 atom stereocenters. The molecule has 0 fully saturated rings. The summed E-state index contributed by atoms with van der Waals surface area (Å²) in [6.45, 7) is 4.00. The van der Waals surface area contributed by atoms with Crippen LogP contribution in [0.1, 0.15) is 13.8 Å². The van der Waals surface area contributed by atoms with Gasteiger partial charge in [-0.25, -0.2) is 0 Å². The smallest absolute Gasteiger partial charge is 0.358 e. The van der Waals surface area contributed by atoms with Gasteiger partial charge in [0.1, 0.15) is 0 Å². The normalized spacial score (nSPS) is 8.45. The van der Waals surface area contributed by atoms with E-state index >= 15 is 0 Å². The largest absolute Gasteiger partial charge is 2.00 e. The Kier molecular flexibility index (Phi) is 20.7. The molecule has 4 aromatic carbocycles. The molecular formula is C28H34P2Pd. The van der Waals surface area contributed by atoms with Gasteiger partial charge in [-0.2, -0.15) is 0 Å². The van der Waals surface area contributed by atoms with Crippen LogP contribution in [-0.4, -0.2) is 0 Å².